The number of carbonyl (C=O) groups is 1. The van der Waals surface area contributed by atoms with Crippen molar-refractivity contribution in [2.45, 2.75) is 50.4 Å². The van der Waals surface area contributed by atoms with Crippen molar-refractivity contribution >= 4 is 11.8 Å². The van der Waals surface area contributed by atoms with Crippen LogP contribution in [0, 0.1) is 0 Å². The van der Waals surface area contributed by atoms with Crippen LogP contribution in [0.4, 0.5) is 10.6 Å². The van der Waals surface area contributed by atoms with E-state index in [4.69, 9.17) is 4.74 Å². The maximum atomic E-state index is 12.8. The first-order chi connectivity index (χ1) is 14.1. The number of nitrogens with zero attached hydrogens (tertiary/aromatic N) is 5. The quantitative estimate of drug-likeness (QED) is 0.809. The van der Waals surface area contributed by atoms with Gasteiger partial charge in [0.1, 0.15) is 5.82 Å². The van der Waals surface area contributed by atoms with Crippen LogP contribution in [0.3, 0.4) is 0 Å². The molecule has 8 nitrogen and oxygen atoms in total. The van der Waals surface area contributed by atoms with Gasteiger partial charge < -0.3 is 14.2 Å². The summed E-state index contributed by atoms with van der Waals surface area (Å²) in [6, 6.07) is 4.38. The topological polar surface area (TPSA) is 75.5 Å². The Kier molecular flexibility index (Phi) is 6.10. The fourth-order valence-electron chi connectivity index (χ4n) is 4.58. The molecule has 0 radical (unpaired) electrons. The Hall–Kier alpha value is -2.45. The Morgan fingerprint density at radius 1 is 1.34 bits per heavy atom. The van der Waals surface area contributed by atoms with Crippen LogP contribution < -0.4 is 5.32 Å². The minimum Gasteiger partial charge on any atom is -0.380 e. The third kappa shape index (κ3) is 4.59. The lowest BCUT2D eigenvalue weighted by atomic mass is 10.1. The lowest BCUT2D eigenvalue weighted by Gasteiger charge is -2.35. The highest BCUT2D eigenvalue weighted by Crippen LogP contribution is 2.31. The van der Waals surface area contributed by atoms with E-state index in [1.165, 1.54) is 0 Å². The summed E-state index contributed by atoms with van der Waals surface area (Å²) in [5, 5.41) is 2.95. The van der Waals surface area contributed by atoms with Crippen LogP contribution in [0.5, 0.6) is 0 Å². The number of methoxy groups -OCH3 is 1. The number of carbonyl (C=O) groups excluding carboxylic acids is 1. The first-order valence-corrected chi connectivity index (χ1v) is 10.4. The number of nitrogens with one attached hydrogen (secondary N) is 1. The summed E-state index contributed by atoms with van der Waals surface area (Å²) in [5.74, 6) is 0.575. The summed E-state index contributed by atoms with van der Waals surface area (Å²) >= 11 is 0. The zero-order valence-corrected chi connectivity index (χ0v) is 17.2. The van der Waals surface area contributed by atoms with Crippen LogP contribution in [0.15, 0.2) is 37.1 Å². The van der Waals surface area contributed by atoms with Crippen molar-refractivity contribution in [1.82, 2.24) is 24.3 Å². The smallest absolute Gasteiger partial charge is 0.323 e. The average Bonchev–Trinajstić information content (AvgIpc) is 3.49. The molecule has 156 valence electrons. The van der Waals surface area contributed by atoms with Crippen molar-refractivity contribution in [2.75, 3.05) is 32.6 Å². The highest BCUT2D eigenvalue weighted by molar-refractivity contribution is 5.88. The Bertz CT molecular complexity index is 794. The summed E-state index contributed by atoms with van der Waals surface area (Å²) in [6.07, 6.45) is 12.0. The molecule has 1 saturated carbocycles. The number of anilines is 1. The molecule has 2 fully saturated rings. The average molecular weight is 399 g/mol. The molecular formula is C21H30N6O2. The Balaban J connectivity index is 1.34. The monoisotopic (exact) mass is 398 g/mol. The Morgan fingerprint density at radius 3 is 2.93 bits per heavy atom. The summed E-state index contributed by atoms with van der Waals surface area (Å²) in [6.45, 7) is 2.73. The van der Waals surface area contributed by atoms with Gasteiger partial charge in [-0.05, 0) is 37.3 Å². The molecule has 3 heterocycles. The standard InChI is InChI=1S/C21H30N6O2/c1-25(18-4-3-5-19(18)27-10-8-17(14-27)29-2)21(28)24-20-7-6-16(12-23-20)13-26-11-9-22-15-26/h6-7,9,11-12,15,17-19H,3-5,8,10,13-14H2,1-2H3,(H,23,24,28)/t17?,18-,19+/m0/s1. The number of hydrogen-bond acceptors (Lipinski definition) is 5. The van der Waals surface area contributed by atoms with Gasteiger partial charge in [-0.15, -0.1) is 0 Å². The van der Waals surface area contributed by atoms with E-state index >= 15 is 0 Å². The highest BCUT2D eigenvalue weighted by Gasteiger charge is 2.39. The molecule has 8 heteroatoms. The zero-order chi connectivity index (χ0) is 20.2. The van der Waals surface area contributed by atoms with Crippen LogP contribution in [-0.2, 0) is 11.3 Å². The van der Waals surface area contributed by atoms with Gasteiger partial charge in [-0.25, -0.2) is 14.8 Å². The molecule has 2 aromatic heterocycles. The van der Waals surface area contributed by atoms with E-state index in [1.807, 2.05) is 34.8 Å². The number of amides is 2. The number of hydrogen-bond donors (Lipinski definition) is 1. The third-order valence-corrected chi connectivity index (χ3v) is 6.22. The lowest BCUT2D eigenvalue weighted by molar-refractivity contribution is 0.0907. The highest BCUT2D eigenvalue weighted by atomic mass is 16.5. The van der Waals surface area contributed by atoms with Gasteiger partial charge in [0.2, 0.25) is 0 Å². The number of aromatic nitrogens is 3. The molecule has 0 aromatic carbocycles. The molecule has 1 aliphatic heterocycles. The minimum absolute atomic E-state index is 0.0979. The number of likely N-dealkylation sites (N-methyl/N-ethyl adjacent to an activating group) is 1. The molecule has 1 saturated heterocycles. The van der Waals surface area contributed by atoms with E-state index in [0.717, 1.165) is 44.3 Å². The molecule has 29 heavy (non-hydrogen) atoms. The molecule has 3 atom stereocenters. The van der Waals surface area contributed by atoms with Gasteiger partial charge >= 0.3 is 6.03 Å². The molecule has 1 aliphatic carbocycles. The summed E-state index contributed by atoms with van der Waals surface area (Å²) in [4.78, 5) is 25.7. The Morgan fingerprint density at radius 2 is 2.24 bits per heavy atom. The molecule has 0 bridgehead atoms. The minimum atomic E-state index is -0.0979. The van der Waals surface area contributed by atoms with Gasteiger partial charge in [-0.1, -0.05) is 6.07 Å². The normalized spacial score (nSPS) is 24.7. The van der Waals surface area contributed by atoms with Gasteiger partial charge in [0.25, 0.3) is 0 Å². The number of ether oxygens (including phenoxy) is 1. The molecule has 2 aromatic rings. The first-order valence-electron chi connectivity index (χ1n) is 10.4. The lowest BCUT2D eigenvalue weighted by Crippen LogP contribution is -2.50. The van der Waals surface area contributed by atoms with Crippen LogP contribution in [0.2, 0.25) is 0 Å². The number of urea groups is 1. The van der Waals surface area contributed by atoms with E-state index in [-0.39, 0.29) is 12.1 Å². The maximum Gasteiger partial charge on any atom is 0.323 e. The molecule has 2 aliphatic rings. The van der Waals surface area contributed by atoms with Crippen LogP contribution >= 0.6 is 0 Å². The molecule has 2 amide bonds. The molecule has 1 unspecified atom stereocenters. The van der Waals surface area contributed by atoms with Crippen LogP contribution in [0.25, 0.3) is 0 Å². The van der Waals surface area contributed by atoms with Gasteiger partial charge in [-0.2, -0.15) is 0 Å². The zero-order valence-electron chi connectivity index (χ0n) is 17.2. The van der Waals surface area contributed by atoms with Gasteiger partial charge in [0.15, 0.2) is 0 Å². The molecule has 1 N–H and O–H groups in total. The summed E-state index contributed by atoms with van der Waals surface area (Å²) < 4.78 is 7.50. The summed E-state index contributed by atoms with van der Waals surface area (Å²) in [5.41, 5.74) is 1.06. The second-order valence-corrected chi connectivity index (χ2v) is 8.03. The van der Waals surface area contributed by atoms with E-state index in [2.05, 4.69) is 20.2 Å². The van der Waals surface area contributed by atoms with Crippen molar-refractivity contribution in [3.8, 4) is 0 Å². The predicted molar refractivity (Wildman–Crippen MR) is 111 cm³/mol. The fourth-order valence-corrected chi connectivity index (χ4v) is 4.58. The fraction of sp³-hybridized carbons (Fsp3) is 0.571. The van der Waals surface area contributed by atoms with Crippen molar-refractivity contribution < 1.29 is 9.53 Å². The number of imidazole rings is 1. The Labute approximate surface area is 171 Å². The van der Waals surface area contributed by atoms with Gasteiger partial charge in [0, 0.05) is 64.5 Å². The van der Waals surface area contributed by atoms with E-state index < -0.39 is 0 Å². The first kappa shape index (κ1) is 19.8. The van der Waals surface area contributed by atoms with Gasteiger partial charge in [0.05, 0.1) is 12.4 Å². The van der Waals surface area contributed by atoms with Crippen molar-refractivity contribution in [3.05, 3.63) is 42.6 Å². The number of likely N-dealkylation sites (tertiary alicyclic amines) is 1. The van der Waals surface area contributed by atoms with Crippen molar-refractivity contribution in [2.24, 2.45) is 0 Å². The van der Waals surface area contributed by atoms with Crippen LogP contribution in [0.1, 0.15) is 31.2 Å². The number of pyridine rings is 1. The van der Waals surface area contributed by atoms with E-state index in [9.17, 15) is 4.79 Å². The SMILES string of the molecule is COC1CCN([C@@H]2CCC[C@@H]2N(C)C(=O)Nc2ccc(Cn3ccnc3)cn2)C1. The second kappa shape index (κ2) is 8.92. The molecular weight excluding hydrogens is 368 g/mol. The predicted octanol–water partition coefficient (Wildman–Crippen LogP) is 2.43. The maximum absolute atomic E-state index is 12.8. The van der Waals surface area contributed by atoms with Crippen molar-refractivity contribution in [1.29, 1.82) is 0 Å². The van der Waals surface area contributed by atoms with Crippen LogP contribution in [-0.4, -0.2) is 75.8 Å². The van der Waals surface area contributed by atoms with Crippen molar-refractivity contribution in [3.63, 3.8) is 0 Å². The summed E-state index contributed by atoms with van der Waals surface area (Å²) in [7, 11) is 3.68. The second-order valence-electron chi connectivity index (χ2n) is 8.03. The molecule has 0 spiro atoms. The van der Waals surface area contributed by atoms with E-state index in [1.54, 1.807) is 25.8 Å². The van der Waals surface area contributed by atoms with Gasteiger partial charge in [-0.3, -0.25) is 10.2 Å². The number of rotatable bonds is 6. The largest absolute Gasteiger partial charge is 0.380 e. The third-order valence-electron chi connectivity index (χ3n) is 6.22. The van der Waals surface area contributed by atoms with E-state index in [0.29, 0.717) is 24.5 Å². The molecule has 4 rings (SSSR count).